The van der Waals surface area contributed by atoms with Crippen LogP contribution in [0.3, 0.4) is 0 Å². The molecule has 1 aliphatic rings. The number of hydrogen-bond donors (Lipinski definition) is 0. The molecular weight excluding hydrogens is 294 g/mol. The zero-order valence-electron chi connectivity index (χ0n) is 14.4. The second-order valence-electron chi connectivity index (χ2n) is 6.26. The average molecular weight is 321 g/mol. The normalized spacial score (nSPS) is 14.7. The fraction of sp³-hybridized carbons (Fsp3) is 0.706. The van der Waals surface area contributed by atoms with Gasteiger partial charge in [0.2, 0.25) is 5.91 Å². The number of hydrogen-bond acceptors (Lipinski definition) is 4. The van der Waals surface area contributed by atoms with Crippen LogP contribution in [-0.4, -0.2) is 52.9 Å². The van der Waals surface area contributed by atoms with Crippen molar-refractivity contribution in [2.24, 2.45) is 5.92 Å². The maximum atomic E-state index is 12.6. The quantitative estimate of drug-likeness (QED) is 0.738. The molecule has 128 valence electrons. The van der Waals surface area contributed by atoms with Crippen LogP contribution in [0.15, 0.2) is 10.6 Å². The van der Waals surface area contributed by atoms with Gasteiger partial charge in [-0.2, -0.15) is 0 Å². The number of likely N-dealkylation sites (tertiary alicyclic amines) is 1. The van der Waals surface area contributed by atoms with E-state index in [1.54, 1.807) is 17.9 Å². The standard InChI is InChI=1S/C17H27N3O3/c1-4-6-8-19(9-7-5-2)16(21)14-11-20(12-14)17(22)15-10-13(3)23-18-15/h10,14H,4-9,11-12H2,1-3H3. The number of nitrogens with zero attached hydrogens (tertiary/aromatic N) is 3. The summed E-state index contributed by atoms with van der Waals surface area (Å²) in [5, 5.41) is 3.74. The Morgan fingerprint density at radius 3 is 2.35 bits per heavy atom. The minimum atomic E-state index is -0.153. The Labute approximate surface area is 137 Å². The number of carbonyl (C=O) groups excluding carboxylic acids is 2. The molecule has 1 aliphatic heterocycles. The third kappa shape index (κ3) is 4.33. The second-order valence-corrected chi connectivity index (χ2v) is 6.26. The summed E-state index contributed by atoms with van der Waals surface area (Å²) >= 11 is 0. The summed E-state index contributed by atoms with van der Waals surface area (Å²) in [6.45, 7) is 8.63. The topological polar surface area (TPSA) is 66.7 Å². The number of rotatable bonds is 8. The third-order valence-electron chi connectivity index (χ3n) is 4.24. The van der Waals surface area contributed by atoms with E-state index in [1.807, 2.05) is 4.90 Å². The Hall–Kier alpha value is -1.85. The van der Waals surface area contributed by atoms with Crippen molar-refractivity contribution in [1.29, 1.82) is 0 Å². The smallest absolute Gasteiger partial charge is 0.276 e. The number of unbranched alkanes of at least 4 members (excludes halogenated alkanes) is 2. The van der Waals surface area contributed by atoms with Crippen molar-refractivity contribution in [3.8, 4) is 0 Å². The molecule has 23 heavy (non-hydrogen) atoms. The van der Waals surface area contributed by atoms with E-state index in [4.69, 9.17) is 4.52 Å². The van der Waals surface area contributed by atoms with Gasteiger partial charge in [0.15, 0.2) is 5.69 Å². The van der Waals surface area contributed by atoms with Gasteiger partial charge in [-0.3, -0.25) is 9.59 Å². The van der Waals surface area contributed by atoms with E-state index in [9.17, 15) is 9.59 Å². The van der Waals surface area contributed by atoms with Gasteiger partial charge in [0.05, 0.1) is 5.92 Å². The molecule has 0 aromatic carbocycles. The summed E-state index contributed by atoms with van der Waals surface area (Å²) in [6, 6.07) is 1.63. The lowest BCUT2D eigenvalue weighted by atomic mass is 9.97. The van der Waals surface area contributed by atoms with Gasteiger partial charge in [-0.1, -0.05) is 31.8 Å². The van der Waals surface area contributed by atoms with Gasteiger partial charge in [0.1, 0.15) is 5.76 Å². The lowest BCUT2D eigenvalue weighted by molar-refractivity contribution is -0.140. The Morgan fingerprint density at radius 2 is 1.87 bits per heavy atom. The SMILES string of the molecule is CCCCN(CCCC)C(=O)C1CN(C(=O)c2cc(C)on2)C1. The van der Waals surface area contributed by atoms with Crippen molar-refractivity contribution in [2.75, 3.05) is 26.2 Å². The number of amides is 2. The molecule has 0 atom stereocenters. The van der Waals surface area contributed by atoms with E-state index in [1.165, 1.54) is 0 Å². The largest absolute Gasteiger partial charge is 0.361 e. The molecule has 1 aromatic rings. The van der Waals surface area contributed by atoms with Crippen molar-refractivity contribution in [3.63, 3.8) is 0 Å². The van der Waals surface area contributed by atoms with Crippen LogP contribution < -0.4 is 0 Å². The molecule has 1 saturated heterocycles. The summed E-state index contributed by atoms with van der Waals surface area (Å²) in [7, 11) is 0. The van der Waals surface area contributed by atoms with Gasteiger partial charge >= 0.3 is 0 Å². The Balaban J connectivity index is 1.86. The van der Waals surface area contributed by atoms with Crippen molar-refractivity contribution < 1.29 is 14.1 Å². The first-order valence-electron chi connectivity index (χ1n) is 8.58. The first-order valence-corrected chi connectivity index (χ1v) is 8.58. The molecule has 0 radical (unpaired) electrons. The van der Waals surface area contributed by atoms with Crippen LogP contribution in [0.1, 0.15) is 55.8 Å². The lowest BCUT2D eigenvalue weighted by Crippen LogP contribution is -2.56. The molecule has 6 heteroatoms. The molecule has 6 nitrogen and oxygen atoms in total. The second kappa shape index (κ2) is 8.13. The van der Waals surface area contributed by atoms with E-state index in [2.05, 4.69) is 19.0 Å². The Kier molecular flexibility index (Phi) is 6.19. The summed E-state index contributed by atoms with van der Waals surface area (Å²) < 4.78 is 4.93. The minimum absolute atomic E-state index is 0.0688. The Bertz CT molecular complexity index is 527. The molecule has 2 heterocycles. The average Bonchev–Trinajstić information content (AvgIpc) is 2.92. The van der Waals surface area contributed by atoms with E-state index in [-0.39, 0.29) is 17.7 Å². The van der Waals surface area contributed by atoms with Crippen molar-refractivity contribution in [3.05, 3.63) is 17.5 Å². The molecule has 2 rings (SSSR count). The van der Waals surface area contributed by atoms with E-state index in [0.717, 1.165) is 38.8 Å². The first kappa shape index (κ1) is 17.5. The highest BCUT2D eigenvalue weighted by atomic mass is 16.5. The summed E-state index contributed by atoms with van der Waals surface area (Å²) in [5.41, 5.74) is 0.322. The summed E-state index contributed by atoms with van der Waals surface area (Å²) in [6.07, 6.45) is 4.22. The fourth-order valence-corrected chi connectivity index (χ4v) is 2.72. The zero-order valence-corrected chi connectivity index (χ0v) is 14.4. The number of carbonyl (C=O) groups is 2. The molecule has 0 saturated carbocycles. The minimum Gasteiger partial charge on any atom is -0.361 e. The highest BCUT2D eigenvalue weighted by Crippen LogP contribution is 2.21. The Morgan fingerprint density at radius 1 is 1.26 bits per heavy atom. The van der Waals surface area contributed by atoms with Crippen LogP contribution >= 0.6 is 0 Å². The maximum Gasteiger partial charge on any atom is 0.276 e. The molecule has 0 aliphatic carbocycles. The molecule has 0 spiro atoms. The van der Waals surface area contributed by atoms with E-state index >= 15 is 0 Å². The van der Waals surface area contributed by atoms with Crippen LogP contribution in [0, 0.1) is 12.8 Å². The van der Waals surface area contributed by atoms with Crippen LogP contribution in [-0.2, 0) is 4.79 Å². The van der Waals surface area contributed by atoms with Gasteiger partial charge in [0.25, 0.3) is 5.91 Å². The predicted molar refractivity (Wildman–Crippen MR) is 87.0 cm³/mol. The van der Waals surface area contributed by atoms with Gasteiger partial charge < -0.3 is 14.3 Å². The molecule has 0 N–H and O–H groups in total. The molecule has 0 unspecified atom stereocenters. The van der Waals surface area contributed by atoms with Crippen molar-refractivity contribution >= 4 is 11.8 Å². The van der Waals surface area contributed by atoms with E-state index in [0.29, 0.717) is 24.5 Å². The van der Waals surface area contributed by atoms with Gasteiger partial charge in [-0.05, 0) is 19.8 Å². The highest BCUT2D eigenvalue weighted by molar-refractivity contribution is 5.94. The molecule has 1 fully saturated rings. The van der Waals surface area contributed by atoms with Crippen LogP contribution in [0.2, 0.25) is 0 Å². The van der Waals surface area contributed by atoms with Crippen LogP contribution in [0.5, 0.6) is 0 Å². The fourth-order valence-electron chi connectivity index (χ4n) is 2.72. The lowest BCUT2D eigenvalue weighted by Gasteiger charge is -2.40. The maximum absolute atomic E-state index is 12.6. The van der Waals surface area contributed by atoms with Crippen molar-refractivity contribution in [2.45, 2.75) is 46.5 Å². The number of aryl methyl sites for hydroxylation is 1. The molecule has 1 aromatic heterocycles. The molecule has 2 amide bonds. The molecule has 0 bridgehead atoms. The summed E-state index contributed by atoms with van der Waals surface area (Å²) in [4.78, 5) is 28.4. The van der Waals surface area contributed by atoms with Gasteiger partial charge in [-0.15, -0.1) is 0 Å². The molecular formula is C17H27N3O3. The summed E-state index contributed by atoms with van der Waals surface area (Å²) in [5.74, 6) is 0.583. The van der Waals surface area contributed by atoms with E-state index < -0.39 is 0 Å². The van der Waals surface area contributed by atoms with Crippen molar-refractivity contribution in [1.82, 2.24) is 15.0 Å². The van der Waals surface area contributed by atoms with Gasteiger partial charge in [0, 0.05) is 32.2 Å². The van der Waals surface area contributed by atoms with Crippen LogP contribution in [0.4, 0.5) is 0 Å². The van der Waals surface area contributed by atoms with Crippen LogP contribution in [0.25, 0.3) is 0 Å². The number of aromatic nitrogens is 1. The predicted octanol–water partition coefficient (Wildman–Crippen LogP) is 2.48. The highest BCUT2D eigenvalue weighted by Gasteiger charge is 2.38. The zero-order chi connectivity index (χ0) is 16.8. The third-order valence-corrected chi connectivity index (χ3v) is 4.24. The monoisotopic (exact) mass is 321 g/mol. The first-order chi connectivity index (χ1) is 11.1. The van der Waals surface area contributed by atoms with Gasteiger partial charge in [-0.25, -0.2) is 0 Å².